The van der Waals surface area contributed by atoms with E-state index in [1.54, 1.807) is 0 Å². The molecule has 0 fully saturated rings. The van der Waals surface area contributed by atoms with Crippen molar-refractivity contribution in [2.75, 3.05) is 6.54 Å². The first kappa shape index (κ1) is 17.3. The second-order valence-corrected chi connectivity index (χ2v) is 7.02. The number of hydrogen-bond donors (Lipinski definition) is 2. The lowest BCUT2D eigenvalue weighted by Gasteiger charge is -2.28. The minimum atomic E-state index is -0.0842. The van der Waals surface area contributed by atoms with Gasteiger partial charge in [0.25, 0.3) is 5.91 Å². The molecule has 140 valence electrons. The monoisotopic (exact) mass is 365 g/mol. The maximum absolute atomic E-state index is 13.1. The number of nitrogens with zero attached hydrogens (tertiary/aromatic N) is 3. The molecule has 1 aromatic carbocycles. The van der Waals surface area contributed by atoms with Gasteiger partial charge in [-0.05, 0) is 37.3 Å². The molecule has 2 heterocycles. The summed E-state index contributed by atoms with van der Waals surface area (Å²) in [7, 11) is 0. The van der Waals surface area contributed by atoms with Crippen molar-refractivity contribution < 1.29 is 9.21 Å². The zero-order valence-electron chi connectivity index (χ0n) is 15.4. The van der Waals surface area contributed by atoms with E-state index in [2.05, 4.69) is 22.3 Å². The van der Waals surface area contributed by atoms with Crippen LogP contribution in [0.3, 0.4) is 0 Å². The number of furan rings is 1. The molecule has 0 bridgehead atoms. The van der Waals surface area contributed by atoms with Crippen molar-refractivity contribution in [3.05, 3.63) is 58.0 Å². The number of hydrogen-bond acceptors (Lipinski definition) is 4. The van der Waals surface area contributed by atoms with Crippen molar-refractivity contribution in [3.63, 3.8) is 0 Å². The van der Waals surface area contributed by atoms with Gasteiger partial charge in [0.05, 0.1) is 5.71 Å². The molecule has 0 saturated heterocycles. The smallest absolute Gasteiger partial charge is 0.290 e. The molecule has 7 heteroatoms. The molecule has 1 aromatic heterocycles. The predicted molar refractivity (Wildman–Crippen MR) is 104 cm³/mol. The molecule has 0 radical (unpaired) electrons. The van der Waals surface area contributed by atoms with E-state index in [1.807, 2.05) is 24.0 Å². The fraction of sp³-hybridized carbons (Fsp3) is 0.350. The van der Waals surface area contributed by atoms with Crippen LogP contribution >= 0.6 is 0 Å². The van der Waals surface area contributed by atoms with Crippen LogP contribution in [0.4, 0.5) is 0 Å². The lowest BCUT2D eigenvalue weighted by atomic mass is 9.93. The second kappa shape index (κ2) is 6.90. The lowest BCUT2D eigenvalue weighted by Crippen LogP contribution is -2.36. The molecule has 7 nitrogen and oxygen atoms in total. The van der Waals surface area contributed by atoms with Crippen LogP contribution in [-0.4, -0.2) is 29.0 Å². The highest BCUT2D eigenvalue weighted by molar-refractivity contribution is 6.06. The Kier molecular flexibility index (Phi) is 4.43. The molecule has 2 aliphatic rings. The summed E-state index contributed by atoms with van der Waals surface area (Å²) in [5, 5.41) is 7.95. The average Bonchev–Trinajstić information content (AvgIpc) is 3.02. The van der Waals surface area contributed by atoms with Gasteiger partial charge in [-0.1, -0.05) is 24.3 Å². The van der Waals surface area contributed by atoms with E-state index in [0.29, 0.717) is 18.8 Å². The highest BCUT2D eigenvalue weighted by Gasteiger charge is 2.31. The fourth-order valence-electron chi connectivity index (χ4n) is 3.90. The van der Waals surface area contributed by atoms with E-state index in [9.17, 15) is 4.79 Å². The highest BCUT2D eigenvalue weighted by Crippen LogP contribution is 2.31. The zero-order valence-corrected chi connectivity index (χ0v) is 15.4. The van der Waals surface area contributed by atoms with Gasteiger partial charge in [0.2, 0.25) is 5.96 Å². The second-order valence-electron chi connectivity index (χ2n) is 7.02. The quantitative estimate of drug-likeness (QED) is 0.482. The van der Waals surface area contributed by atoms with Gasteiger partial charge in [-0.25, -0.2) is 0 Å². The third-order valence-electron chi connectivity index (χ3n) is 5.22. The molecule has 0 atom stereocenters. The first-order chi connectivity index (χ1) is 13.0. The topological polar surface area (TPSA) is 110 Å². The van der Waals surface area contributed by atoms with Crippen LogP contribution in [0.15, 0.2) is 38.9 Å². The van der Waals surface area contributed by atoms with E-state index in [0.717, 1.165) is 48.3 Å². The molecular weight excluding hydrogens is 342 g/mol. The maximum atomic E-state index is 13.1. The summed E-state index contributed by atoms with van der Waals surface area (Å²) in [4.78, 5) is 15.0. The number of carbonyl (C=O) groups is 1. The molecule has 27 heavy (non-hydrogen) atoms. The van der Waals surface area contributed by atoms with E-state index in [4.69, 9.17) is 15.9 Å². The summed E-state index contributed by atoms with van der Waals surface area (Å²) in [5.41, 5.74) is 15.8. The first-order valence-corrected chi connectivity index (χ1v) is 9.18. The maximum Gasteiger partial charge on any atom is 0.290 e. The summed E-state index contributed by atoms with van der Waals surface area (Å²) >= 11 is 0. The minimum Gasteiger partial charge on any atom is -0.455 e. The van der Waals surface area contributed by atoms with Crippen LogP contribution in [0.5, 0.6) is 0 Å². The highest BCUT2D eigenvalue weighted by atomic mass is 16.4. The van der Waals surface area contributed by atoms with E-state index in [1.165, 1.54) is 11.1 Å². The number of benzene rings is 1. The van der Waals surface area contributed by atoms with E-state index < -0.39 is 0 Å². The van der Waals surface area contributed by atoms with Gasteiger partial charge in [0.15, 0.2) is 5.76 Å². The van der Waals surface area contributed by atoms with Crippen LogP contribution in [0.1, 0.15) is 51.4 Å². The van der Waals surface area contributed by atoms with E-state index >= 15 is 0 Å². The van der Waals surface area contributed by atoms with Crippen LogP contribution in [-0.2, 0) is 19.4 Å². The van der Waals surface area contributed by atoms with Gasteiger partial charge in [0, 0.05) is 30.6 Å². The van der Waals surface area contributed by atoms with Crippen molar-refractivity contribution >= 4 is 17.6 Å². The van der Waals surface area contributed by atoms with Crippen molar-refractivity contribution in [3.8, 4) is 0 Å². The Hall–Kier alpha value is -3.09. The van der Waals surface area contributed by atoms with Gasteiger partial charge in [-0.3, -0.25) is 4.79 Å². The zero-order chi connectivity index (χ0) is 19.0. The lowest BCUT2D eigenvalue weighted by molar-refractivity contribution is 0.0699. The normalized spacial score (nSPS) is 17.4. The number of aryl methyl sites for hydroxylation is 1. The fourth-order valence-corrected chi connectivity index (χ4v) is 3.90. The summed E-state index contributed by atoms with van der Waals surface area (Å²) in [5.74, 6) is 1.04. The van der Waals surface area contributed by atoms with Crippen LogP contribution in [0, 0.1) is 6.92 Å². The third kappa shape index (κ3) is 3.20. The Morgan fingerprint density at radius 3 is 2.70 bits per heavy atom. The summed E-state index contributed by atoms with van der Waals surface area (Å²) in [6.45, 7) is 3.20. The number of guanidine groups is 1. The van der Waals surface area contributed by atoms with Gasteiger partial charge in [-0.2, -0.15) is 5.10 Å². The number of rotatable bonds is 2. The molecule has 4 N–H and O–H groups in total. The Bertz CT molecular complexity index is 953. The molecule has 0 spiro atoms. The molecule has 1 aliphatic carbocycles. The minimum absolute atomic E-state index is 0.0717. The van der Waals surface area contributed by atoms with Crippen LogP contribution < -0.4 is 11.5 Å². The average molecular weight is 365 g/mol. The molecule has 2 aromatic rings. The molecular formula is C20H23N5O2. The Morgan fingerprint density at radius 1 is 1.15 bits per heavy atom. The Balaban J connectivity index is 1.65. The van der Waals surface area contributed by atoms with Crippen LogP contribution in [0.25, 0.3) is 0 Å². The number of fused-ring (bicyclic) bond motifs is 2. The third-order valence-corrected chi connectivity index (χ3v) is 5.22. The predicted octanol–water partition coefficient (Wildman–Crippen LogP) is 2.10. The van der Waals surface area contributed by atoms with Crippen molar-refractivity contribution in [1.82, 2.24) is 4.90 Å². The number of amides is 1. The van der Waals surface area contributed by atoms with Crippen molar-refractivity contribution in [2.45, 2.75) is 39.2 Å². The molecule has 0 saturated carbocycles. The van der Waals surface area contributed by atoms with Crippen molar-refractivity contribution in [1.29, 1.82) is 0 Å². The van der Waals surface area contributed by atoms with Crippen LogP contribution in [0.2, 0.25) is 0 Å². The Morgan fingerprint density at radius 2 is 1.93 bits per heavy atom. The molecule has 1 amide bonds. The first-order valence-electron chi connectivity index (χ1n) is 9.18. The van der Waals surface area contributed by atoms with Crippen molar-refractivity contribution in [2.24, 2.45) is 21.7 Å². The molecule has 4 rings (SSSR count). The largest absolute Gasteiger partial charge is 0.455 e. The van der Waals surface area contributed by atoms with Gasteiger partial charge in [-0.15, -0.1) is 5.10 Å². The summed E-state index contributed by atoms with van der Waals surface area (Å²) in [6.07, 6.45) is 3.30. The SMILES string of the molecule is Cc1c(C(=O)N2CCc3ccccc3C2)oc2c1/C(=N/N=C(N)N)CCC2. The molecule has 0 unspecified atom stereocenters. The number of nitrogens with two attached hydrogens (primary N) is 2. The van der Waals surface area contributed by atoms with Gasteiger partial charge < -0.3 is 20.8 Å². The molecule has 1 aliphatic heterocycles. The van der Waals surface area contributed by atoms with Gasteiger partial charge in [0.1, 0.15) is 5.76 Å². The number of carbonyl (C=O) groups excluding carboxylic acids is 1. The van der Waals surface area contributed by atoms with Gasteiger partial charge >= 0.3 is 0 Å². The summed E-state index contributed by atoms with van der Waals surface area (Å²) in [6, 6.07) is 8.25. The Labute approximate surface area is 157 Å². The standard InChI is InChI=1S/C20H23N5O2/c1-12-17-15(23-24-20(21)22)7-4-8-16(17)27-18(12)19(26)25-10-9-13-5-2-3-6-14(13)11-25/h2-3,5-6H,4,7-11H2,1H3,(H4,21,22,24)/b23-15+. The van der Waals surface area contributed by atoms with E-state index in [-0.39, 0.29) is 11.9 Å². The summed E-state index contributed by atoms with van der Waals surface area (Å²) < 4.78 is 5.99.